The predicted molar refractivity (Wildman–Crippen MR) is 67.2 cm³/mol. The Labute approximate surface area is 99.1 Å². The van der Waals surface area contributed by atoms with Crippen LogP contribution in [0.2, 0.25) is 0 Å². The van der Waals surface area contributed by atoms with Crippen LogP contribution in [0.3, 0.4) is 0 Å². The van der Waals surface area contributed by atoms with E-state index in [9.17, 15) is 0 Å². The Hall–Kier alpha value is -0.100. The molecular formula is C10H17N3S2. The predicted octanol–water partition coefficient (Wildman–Crippen LogP) is 1.54. The third kappa shape index (κ3) is 3.45. The average molecular weight is 243 g/mol. The van der Waals surface area contributed by atoms with Crippen molar-refractivity contribution >= 4 is 23.1 Å². The van der Waals surface area contributed by atoms with Crippen LogP contribution >= 0.6 is 23.1 Å². The third-order valence-corrected chi connectivity index (χ3v) is 4.44. The van der Waals surface area contributed by atoms with E-state index in [1.807, 2.05) is 0 Å². The number of hydrogen-bond donors (Lipinski definition) is 1. The van der Waals surface area contributed by atoms with Crippen LogP contribution in [0.1, 0.15) is 17.1 Å². The summed E-state index contributed by atoms with van der Waals surface area (Å²) in [5.74, 6) is 2.56. The summed E-state index contributed by atoms with van der Waals surface area (Å²) in [4.78, 5) is 6.99. The minimum absolute atomic E-state index is 0.570. The summed E-state index contributed by atoms with van der Waals surface area (Å²) in [6.07, 6.45) is 1.30. The lowest BCUT2D eigenvalue weighted by atomic mass is 10.3. The molecule has 0 aliphatic carbocycles. The Balaban J connectivity index is 1.89. The van der Waals surface area contributed by atoms with Gasteiger partial charge >= 0.3 is 0 Å². The number of hydrogen-bond acceptors (Lipinski definition) is 5. The van der Waals surface area contributed by atoms with E-state index in [0.29, 0.717) is 6.54 Å². The van der Waals surface area contributed by atoms with Gasteiger partial charge in [0, 0.05) is 30.8 Å². The van der Waals surface area contributed by atoms with Gasteiger partial charge in [-0.25, -0.2) is 4.98 Å². The first-order valence-electron chi connectivity index (χ1n) is 5.32. The molecule has 0 amide bonds. The van der Waals surface area contributed by atoms with E-state index in [1.165, 1.54) is 36.7 Å². The number of aromatic nitrogens is 1. The standard InChI is InChI=1S/C10H17N3S2/c11-6-10-12-9(8-15-10)7-13-2-1-4-14-5-3-13/h8H,1-7,11H2. The Morgan fingerprint density at radius 1 is 1.40 bits per heavy atom. The lowest BCUT2D eigenvalue weighted by Gasteiger charge is -2.17. The maximum absolute atomic E-state index is 5.55. The molecule has 1 saturated heterocycles. The highest BCUT2D eigenvalue weighted by molar-refractivity contribution is 7.99. The molecule has 0 atom stereocenters. The fraction of sp³-hybridized carbons (Fsp3) is 0.700. The van der Waals surface area contributed by atoms with Crippen LogP contribution in [-0.2, 0) is 13.1 Å². The van der Waals surface area contributed by atoms with Crippen LogP contribution in [-0.4, -0.2) is 34.5 Å². The molecule has 2 heterocycles. The van der Waals surface area contributed by atoms with Crippen LogP contribution in [0.25, 0.3) is 0 Å². The van der Waals surface area contributed by atoms with Crippen LogP contribution < -0.4 is 5.73 Å². The van der Waals surface area contributed by atoms with E-state index in [1.54, 1.807) is 11.3 Å². The van der Waals surface area contributed by atoms with Crippen molar-refractivity contribution in [3.05, 3.63) is 16.1 Å². The zero-order chi connectivity index (χ0) is 10.5. The van der Waals surface area contributed by atoms with Gasteiger partial charge in [0.1, 0.15) is 5.01 Å². The lowest BCUT2D eigenvalue weighted by Crippen LogP contribution is -2.25. The van der Waals surface area contributed by atoms with Crippen LogP contribution in [0.4, 0.5) is 0 Å². The second kappa shape index (κ2) is 5.84. The molecule has 84 valence electrons. The van der Waals surface area contributed by atoms with Gasteiger partial charge in [0.25, 0.3) is 0 Å². The summed E-state index contributed by atoms with van der Waals surface area (Å²) in [5, 5.41) is 3.19. The number of thiazole rings is 1. The minimum Gasteiger partial charge on any atom is -0.325 e. The highest BCUT2D eigenvalue weighted by atomic mass is 32.2. The Bertz CT molecular complexity index is 293. The molecule has 2 rings (SSSR count). The molecule has 1 aromatic rings. The fourth-order valence-corrected chi connectivity index (χ4v) is 3.29. The monoisotopic (exact) mass is 243 g/mol. The van der Waals surface area contributed by atoms with Crippen molar-refractivity contribution in [1.82, 2.24) is 9.88 Å². The first-order chi connectivity index (χ1) is 7.38. The van der Waals surface area contributed by atoms with Crippen molar-refractivity contribution < 1.29 is 0 Å². The average Bonchev–Trinajstić information content (AvgIpc) is 2.54. The van der Waals surface area contributed by atoms with Gasteiger partial charge in [0.15, 0.2) is 0 Å². The SMILES string of the molecule is NCc1nc(CN2CCCSCC2)cs1. The Kier molecular flexibility index (Phi) is 4.43. The molecule has 0 bridgehead atoms. The normalized spacial score (nSPS) is 19.0. The maximum Gasteiger partial charge on any atom is 0.106 e. The van der Waals surface area contributed by atoms with Crippen LogP contribution in [0.15, 0.2) is 5.38 Å². The van der Waals surface area contributed by atoms with Gasteiger partial charge < -0.3 is 5.73 Å². The molecule has 0 radical (unpaired) electrons. The van der Waals surface area contributed by atoms with E-state index in [0.717, 1.165) is 11.6 Å². The first kappa shape index (κ1) is 11.4. The van der Waals surface area contributed by atoms with Crippen molar-refractivity contribution in [3.63, 3.8) is 0 Å². The maximum atomic E-state index is 5.55. The largest absolute Gasteiger partial charge is 0.325 e. The molecule has 3 nitrogen and oxygen atoms in total. The van der Waals surface area contributed by atoms with Crippen molar-refractivity contribution in [2.75, 3.05) is 24.6 Å². The smallest absolute Gasteiger partial charge is 0.106 e. The van der Waals surface area contributed by atoms with Gasteiger partial charge in [-0.05, 0) is 18.7 Å². The number of nitrogens with two attached hydrogens (primary N) is 1. The highest BCUT2D eigenvalue weighted by Crippen LogP contribution is 2.15. The molecular weight excluding hydrogens is 226 g/mol. The summed E-state index contributed by atoms with van der Waals surface area (Å²) >= 11 is 3.74. The summed E-state index contributed by atoms with van der Waals surface area (Å²) in [6.45, 7) is 3.97. The van der Waals surface area contributed by atoms with Crippen LogP contribution in [0, 0.1) is 0 Å². The van der Waals surface area contributed by atoms with Gasteiger partial charge in [-0.3, -0.25) is 4.90 Å². The highest BCUT2D eigenvalue weighted by Gasteiger charge is 2.11. The number of rotatable bonds is 3. The molecule has 5 heteroatoms. The van der Waals surface area contributed by atoms with Gasteiger partial charge in [-0.15, -0.1) is 11.3 Å². The van der Waals surface area contributed by atoms with E-state index in [2.05, 4.69) is 27.0 Å². The van der Waals surface area contributed by atoms with E-state index < -0.39 is 0 Å². The molecule has 15 heavy (non-hydrogen) atoms. The first-order valence-corrected chi connectivity index (χ1v) is 7.35. The molecule has 0 aromatic carbocycles. The van der Waals surface area contributed by atoms with Crippen molar-refractivity contribution in [1.29, 1.82) is 0 Å². The summed E-state index contributed by atoms with van der Waals surface area (Å²) < 4.78 is 0. The van der Waals surface area contributed by atoms with Gasteiger partial charge in [-0.2, -0.15) is 11.8 Å². The van der Waals surface area contributed by atoms with E-state index in [-0.39, 0.29) is 0 Å². The van der Waals surface area contributed by atoms with E-state index in [4.69, 9.17) is 5.73 Å². The van der Waals surface area contributed by atoms with Gasteiger partial charge in [0.05, 0.1) is 5.69 Å². The van der Waals surface area contributed by atoms with Crippen molar-refractivity contribution in [3.8, 4) is 0 Å². The molecule has 0 spiro atoms. The second-order valence-electron chi connectivity index (χ2n) is 3.68. The molecule has 0 saturated carbocycles. The summed E-state index contributed by atoms with van der Waals surface area (Å²) in [5.41, 5.74) is 6.74. The summed E-state index contributed by atoms with van der Waals surface area (Å²) in [7, 11) is 0. The Morgan fingerprint density at radius 2 is 2.33 bits per heavy atom. The van der Waals surface area contributed by atoms with Crippen LogP contribution in [0.5, 0.6) is 0 Å². The fourth-order valence-electron chi connectivity index (χ4n) is 1.70. The second-order valence-corrected chi connectivity index (χ2v) is 5.85. The zero-order valence-corrected chi connectivity index (χ0v) is 10.4. The molecule has 2 N–H and O–H groups in total. The van der Waals surface area contributed by atoms with Gasteiger partial charge in [-0.1, -0.05) is 0 Å². The zero-order valence-electron chi connectivity index (χ0n) is 8.82. The minimum atomic E-state index is 0.570. The quantitative estimate of drug-likeness (QED) is 0.874. The number of thioether (sulfide) groups is 1. The van der Waals surface area contributed by atoms with E-state index >= 15 is 0 Å². The molecule has 1 fully saturated rings. The van der Waals surface area contributed by atoms with Crippen molar-refractivity contribution in [2.45, 2.75) is 19.5 Å². The summed E-state index contributed by atoms with van der Waals surface area (Å²) in [6, 6.07) is 0. The molecule has 0 unspecified atom stereocenters. The van der Waals surface area contributed by atoms with Gasteiger partial charge in [0.2, 0.25) is 0 Å². The Morgan fingerprint density at radius 3 is 3.13 bits per heavy atom. The molecule has 1 aliphatic heterocycles. The molecule has 1 aliphatic rings. The lowest BCUT2D eigenvalue weighted by molar-refractivity contribution is 0.284. The third-order valence-electron chi connectivity index (χ3n) is 2.47. The molecule has 1 aromatic heterocycles. The van der Waals surface area contributed by atoms with Crippen molar-refractivity contribution in [2.24, 2.45) is 5.73 Å². The number of nitrogens with zero attached hydrogens (tertiary/aromatic N) is 2. The topological polar surface area (TPSA) is 42.1 Å².